The van der Waals surface area contributed by atoms with E-state index in [9.17, 15) is 9.18 Å². The first kappa shape index (κ1) is 21.3. The summed E-state index contributed by atoms with van der Waals surface area (Å²) in [5.74, 6) is 0.337. The Labute approximate surface area is 193 Å². The largest absolute Gasteiger partial charge is 0.465 e. The predicted molar refractivity (Wildman–Crippen MR) is 124 cm³/mol. The Hall–Kier alpha value is -4.53. The van der Waals surface area contributed by atoms with Crippen molar-refractivity contribution in [2.24, 2.45) is 0 Å². The van der Waals surface area contributed by atoms with Crippen LogP contribution in [0.5, 0.6) is 0 Å². The summed E-state index contributed by atoms with van der Waals surface area (Å²) in [5, 5.41) is 16.6. The number of halogens is 1. The number of furan rings is 1. The van der Waals surface area contributed by atoms with E-state index in [-0.39, 0.29) is 5.82 Å². The van der Waals surface area contributed by atoms with E-state index in [0.29, 0.717) is 42.4 Å². The highest BCUT2D eigenvalue weighted by molar-refractivity contribution is 5.95. The van der Waals surface area contributed by atoms with Gasteiger partial charge < -0.3 is 14.8 Å². The first-order valence-electron chi connectivity index (χ1n) is 10.7. The lowest BCUT2D eigenvalue weighted by Gasteiger charge is -2.03. The Kier molecular flexibility index (Phi) is 5.73. The van der Waals surface area contributed by atoms with Crippen LogP contribution in [-0.2, 0) is 6.54 Å². The standard InChI is InChI=1S/C25H20FN5O3/c26-18-9-7-17(8-10-18)22-20(14-31(30-22)12-4-11-27-25(32)33)23-19-13-21(16-5-2-1-3-6-16)34-24(19)29-15-28-23/h1-3,5-10,13-15,27H,4,11-12H2,(H,32,33). The van der Waals surface area contributed by atoms with E-state index in [1.807, 2.05) is 42.6 Å². The highest BCUT2D eigenvalue weighted by Gasteiger charge is 2.20. The normalized spacial score (nSPS) is 11.1. The van der Waals surface area contributed by atoms with E-state index in [1.165, 1.54) is 18.5 Å². The van der Waals surface area contributed by atoms with Crippen LogP contribution in [0.3, 0.4) is 0 Å². The number of benzene rings is 2. The Morgan fingerprint density at radius 2 is 1.82 bits per heavy atom. The summed E-state index contributed by atoms with van der Waals surface area (Å²) in [5.41, 5.74) is 4.13. The average Bonchev–Trinajstić information content (AvgIpc) is 3.47. The van der Waals surface area contributed by atoms with Gasteiger partial charge in [0.15, 0.2) is 0 Å². The molecule has 0 spiro atoms. The third-order valence-electron chi connectivity index (χ3n) is 5.36. The second-order valence-corrected chi connectivity index (χ2v) is 7.66. The van der Waals surface area contributed by atoms with Gasteiger partial charge in [0, 0.05) is 36.0 Å². The zero-order chi connectivity index (χ0) is 23.5. The molecule has 2 aromatic carbocycles. The van der Waals surface area contributed by atoms with Crippen molar-refractivity contribution in [2.75, 3.05) is 6.54 Å². The van der Waals surface area contributed by atoms with Gasteiger partial charge in [0.25, 0.3) is 0 Å². The van der Waals surface area contributed by atoms with Gasteiger partial charge in [0.2, 0.25) is 5.71 Å². The monoisotopic (exact) mass is 457 g/mol. The van der Waals surface area contributed by atoms with Crippen molar-refractivity contribution in [1.29, 1.82) is 0 Å². The third kappa shape index (κ3) is 4.36. The summed E-state index contributed by atoms with van der Waals surface area (Å²) in [6, 6.07) is 17.7. The molecule has 170 valence electrons. The van der Waals surface area contributed by atoms with Gasteiger partial charge in [0.05, 0.1) is 11.1 Å². The lowest BCUT2D eigenvalue weighted by molar-refractivity contribution is 0.194. The number of aromatic nitrogens is 4. The SMILES string of the molecule is O=C(O)NCCCn1cc(-c2ncnc3oc(-c4ccccc4)cc23)c(-c2ccc(F)cc2)n1. The number of hydrogen-bond acceptors (Lipinski definition) is 5. The molecule has 0 bridgehead atoms. The maximum atomic E-state index is 13.6. The number of nitrogens with one attached hydrogen (secondary N) is 1. The molecule has 0 saturated carbocycles. The van der Waals surface area contributed by atoms with Gasteiger partial charge in [-0.15, -0.1) is 0 Å². The Bertz CT molecular complexity index is 1440. The minimum Gasteiger partial charge on any atom is -0.465 e. The van der Waals surface area contributed by atoms with Crippen molar-refractivity contribution in [3.8, 4) is 33.8 Å². The van der Waals surface area contributed by atoms with E-state index < -0.39 is 6.09 Å². The first-order chi connectivity index (χ1) is 16.6. The summed E-state index contributed by atoms with van der Waals surface area (Å²) in [6.07, 6.45) is 2.79. The second kappa shape index (κ2) is 9.14. The Morgan fingerprint density at radius 3 is 2.59 bits per heavy atom. The average molecular weight is 457 g/mol. The molecule has 0 radical (unpaired) electrons. The molecule has 0 aliphatic carbocycles. The lowest BCUT2D eigenvalue weighted by Crippen LogP contribution is -2.22. The number of hydrogen-bond donors (Lipinski definition) is 2. The van der Waals surface area contributed by atoms with E-state index in [4.69, 9.17) is 14.6 Å². The topological polar surface area (TPSA) is 106 Å². The Balaban J connectivity index is 1.58. The van der Waals surface area contributed by atoms with Crippen molar-refractivity contribution >= 4 is 17.2 Å². The number of rotatable bonds is 7. The number of nitrogens with zero attached hydrogens (tertiary/aromatic N) is 4. The van der Waals surface area contributed by atoms with Crippen LogP contribution in [0.4, 0.5) is 9.18 Å². The zero-order valence-corrected chi connectivity index (χ0v) is 18.0. The second-order valence-electron chi connectivity index (χ2n) is 7.66. The summed E-state index contributed by atoms with van der Waals surface area (Å²) in [4.78, 5) is 19.5. The van der Waals surface area contributed by atoms with E-state index >= 15 is 0 Å². The maximum absolute atomic E-state index is 13.6. The van der Waals surface area contributed by atoms with Crippen molar-refractivity contribution < 1.29 is 18.7 Å². The fourth-order valence-electron chi connectivity index (χ4n) is 3.78. The van der Waals surface area contributed by atoms with Crippen molar-refractivity contribution in [3.05, 3.63) is 79.0 Å². The van der Waals surface area contributed by atoms with Gasteiger partial charge in [-0.3, -0.25) is 4.68 Å². The van der Waals surface area contributed by atoms with E-state index in [1.54, 1.807) is 16.8 Å². The molecule has 0 saturated heterocycles. The summed E-state index contributed by atoms with van der Waals surface area (Å²) in [7, 11) is 0. The highest BCUT2D eigenvalue weighted by Crippen LogP contribution is 2.36. The van der Waals surface area contributed by atoms with Crippen LogP contribution in [0.25, 0.3) is 44.9 Å². The molecule has 8 nitrogen and oxygen atoms in total. The van der Waals surface area contributed by atoms with Gasteiger partial charge in [-0.25, -0.2) is 19.2 Å². The molecule has 1 amide bonds. The van der Waals surface area contributed by atoms with Crippen LogP contribution in [0.1, 0.15) is 6.42 Å². The molecule has 5 aromatic rings. The highest BCUT2D eigenvalue weighted by atomic mass is 19.1. The van der Waals surface area contributed by atoms with Gasteiger partial charge in [-0.05, 0) is 36.8 Å². The quantitative estimate of drug-likeness (QED) is 0.325. The van der Waals surface area contributed by atoms with Crippen molar-refractivity contribution in [3.63, 3.8) is 0 Å². The van der Waals surface area contributed by atoms with Crippen LogP contribution < -0.4 is 5.32 Å². The fraction of sp³-hybridized carbons (Fsp3) is 0.120. The summed E-state index contributed by atoms with van der Waals surface area (Å²) >= 11 is 0. The van der Waals surface area contributed by atoms with Crippen molar-refractivity contribution in [2.45, 2.75) is 13.0 Å². The molecule has 9 heteroatoms. The molecule has 0 atom stereocenters. The van der Waals surface area contributed by atoms with Crippen LogP contribution in [0.2, 0.25) is 0 Å². The van der Waals surface area contributed by atoms with Crippen LogP contribution in [-0.4, -0.2) is 37.5 Å². The van der Waals surface area contributed by atoms with Crippen LogP contribution >= 0.6 is 0 Å². The third-order valence-corrected chi connectivity index (χ3v) is 5.36. The van der Waals surface area contributed by atoms with E-state index in [0.717, 1.165) is 22.1 Å². The molecule has 5 rings (SSSR count). The number of fused-ring (bicyclic) bond motifs is 1. The van der Waals surface area contributed by atoms with Gasteiger partial charge >= 0.3 is 6.09 Å². The molecule has 0 fully saturated rings. The number of carbonyl (C=O) groups is 1. The van der Waals surface area contributed by atoms with Gasteiger partial charge in [-0.1, -0.05) is 30.3 Å². The molecule has 34 heavy (non-hydrogen) atoms. The number of amides is 1. The summed E-state index contributed by atoms with van der Waals surface area (Å²) < 4.78 is 21.3. The lowest BCUT2D eigenvalue weighted by atomic mass is 10.0. The van der Waals surface area contributed by atoms with Gasteiger partial charge in [-0.2, -0.15) is 5.10 Å². The summed E-state index contributed by atoms with van der Waals surface area (Å²) in [6.45, 7) is 0.791. The molecule has 0 aliphatic rings. The maximum Gasteiger partial charge on any atom is 0.404 e. The predicted octanol–water partition coefficient (Wildman–Crippen LogP) is 5.22. The molecule has 0 aliphatic heterocycles. The number of carboxylic acid groups (broad SMARTS) is 1. The molecular weight excluding hydrogens is 437 g/mol. The first-order valence-corrected chi connectivity index (χ1v) is 10.7. The Morgan fingerprint density at radius 1 is 1.03 bits per heavy atom. The number of aryl methyl sites for hydroxylation is 1. The minimum absolute atomic E-state index is 0.302. The smallest absolute Gasteiger partial charge is 0.404 e. The molecule has 3 aromatic heterocycles. The molecule has 0 unspecified atom stereocenters. The van der Waals surface area contributed by atoms with E-state index in [2.05, 4.69) is 15.3 Å². The van der Waals surface area contributed by atoms with Gasteiger partial charge in [0.1, 0.15) is 23.6 Å². The fourth-order valence-corrected chi connectivity index (χ4v) is 3.78. The molecular formula is C25H20FN5O3. The van der Waals surface area contributed by atoms with Crippen LogP contribution in [0.15, 0.2) is 77.6 Å². The molecule has 3 heterocycles. The zero-order valence-electron chi connectivity index (χ0n) is 18.0. The van der Waals surface area contributed by atoms with Crippen molar-refractivity contribution in [1.82, 2.24) is 25.1 Å². The minimum atomic E-state index is -1.06. The van der Waals surface area contributed by atoms with Crippen LogP contribution in [0, 0.1) is 5.82 Å². The molecule has 2 N–H and O–H groups in total.